The van der Waals surface area contributed by atoms with Gasteiger partial charge in [0, 0.05) is 31.1 Å². The minimum Gasteiger partial charge on any atom is -0.370 e. The third-order valence-corrected chi connectivity index (χ3v) is 2.65. The molecule has 94 valence electrons. The van der Waals surface area contributed by atoms with Gasteiger partial charge in [-0.3, -0.25) is 14.7 Å². The Bertz CT molecular complexity index is 678. The van der Waals surface area contributed by atoms with Crippen LogP contribution in [-0.2, 0) is 7.05 Å². The molecule has 0 radical (unpaired) electrons. The highest BCUT2D eigenvalue weighted by Gasteiger charge is 2.12. The van der Waals surface area contributed by atoms with Crippen LogP contribution < -0.4 is 11.0 Å². The summed E-state index contributed by atoms with van der Waals surface area (Å²) in [5.74, 6) is 0.374. The molecule has 1 aromatic carbocycles. The number of aryl methyl sites for hydroxylation is 1. The average Bonchev–Trinajstić information content (AvgIpc) is 2.35. The van der Waals surface area contributed by atoms with Crippen molar-refractivity contribution in [3.05, 3.63) is 38.8 Å². The topological polar surface area (TPSA) is 90.1 Å². The van der Waals surface area contributed by atoms with Crippen molar-refractivity contribution < 1.29 is 4.92 Å². The van der Waals surface area contributed by atoms with Crippen molar-refractivity contribution in [3.63, 3.8) is 0 Å². The summed E-state index contributed by atoms with van der Waals surface area (Å²) in [6, 6.07) is 4.34. The second-order valence-corrected chi connectivity index (χ2v) is 3.79. The Balaban J connectivity index is 2.81. The fourth-order valence-electron chi connectivity index (χ4n) is 1.76. The van der Waals surface area contributed by atoms with Crippen LogP contribution in [0.25, 0.3) is 10.9 Å². The molecule has 0 saturated heterocycles. The second kappa shape index (κ2) is 4.44. The van der Waals surface area contributed by atoms with Gasteiger partial charge in [-0.15, -0.1) is 0 Å². The Kier molecular flexibility index (Phi) is 2.97. The number of nitrogens with one attached hydrogen (secondary N) is 1. The maximum absolute atomic E-state index is 11.6. The Morgan fingerprint density at radius 2 is 2.22 bits per heavy atom. The highest BCUT2D eigenvalue weighted by atomic mass is 16.6. The molecule has 0 saturated carbocycles. The van der Waals surface area contributed by atoms with Crippen LogP contribution in [0.4, 0.5) is 11.5 Å². The van der Waals surface area contributed by atoms with Crippen LogP contribution in [-0.4, -0.2) is 21.0 Å². The molecule has 1 aromatic heterocycles. The fraction of sp³-hybridized carbons (Fsp3) is 0.273. The zero-order valence-electron chi connectivity index (χ0n) is 10.0. The molecular formula is C11H12N4O3. The lowest BCUT2D eigenvalue weighted by Crippen LogP contribution is -2.22. The van der Waals surface area contributed by atoms with Crippen molar-refractivity contribution >= 4 is 22.4 Å². The van der Waals surface area contributed by atoms with Gasteiger partial charge in [-0.05, 0) is 13.0 Å². The van der Waals surface area contributed by atoms with Gasteiger partial charge in [0.25, 0.3) is 5.69 Å². The standard InChI is InChI=1S/C11H12N4O3/c1-3-12-10-8-6-7(15(17)18)4-5-9(8)14(2)11(16)13-10/h4-6H,3H2,1-2H3,(H,12,13,16). The quantitative estimate of drug-likeness (QED) is 0.652. The number of anilines is 1. The van der Waals surface area contributed by atoms with Gasteiger partial charge in [0.1, 0.15) is 5.82 Å². The molecule has 0 atom stereocenters. The molecule has 18 heavy (non-hydrogen) atoms. The number of aromatic nitrogens is 2. The van der Waals surface area contributed by atoms with Crippen LogP contribution in [0, 0.1) is 10.1 Å². The first-order chi connectivity index (χ1) is 8.54. The van der Waals surface area contributed by atoms with Crippen molar-refractivity contribution in [1.29, 1.82) is 0 Å². The van der Waals surface area contributed by atoms with Gasteiger partial charge in [-0.1, -0.05) is 0 Å². The normalized spacial score (nSPS) is 10.6. The fourth-order valence-corrected chi connectivity index (χ4v) is 1.76. The number of non-ortho nitro benzene ring substituents is 1. The summed E-state index contributed by atoms with van der Waals surface area (Å²) < 4.78 is 1.36. The van der Waals surface area contributed by atoms with E-state index in [-0.39, 0.29) is 5.69 Å². The summed E-state index contributed by atoms with van der Waals surface area (Å²) in [6.45, 7) is 2.44. The van der Waals surface area contributed by atoms with E-state index in [0.717, 1.165) is 0 Å². The third kappa shape index (κ3) is 1.90. The smallest absolute Gasteiger partial charge is 0.349 e. The van der Waals surface area contributed by atoms with E-state index in [9.17, 15) is 14.9 Å². The Morgan fingerprint density at radius 1 is 1.50 bits per heavy atom. The molecule has 7 heteroatoms. The predicted molar refractivity (Wildman–Crippen MR) is 67.8 cm³/mol. The number of rotatable bonds is 3. The molecular weight excluding hydrogens is 236 g/mol. The number of hydrogen-bond acceptors (Lipinski definition) is 5. The molecule has 0 fully saturated rings. The molecule has 0 amide bonds. The van der Waals surface area contributed by atoms with Gasteiger partial charge in [0.15, 0.2) is 0 Å². The molecule has 0 spiro atoms. The van der Waals surface area contributed by atoms with Crippen molar-refractivity contribution in [2.75, 3.05) is 11.9 Å². The number of benzene rings is 1. The summed E-state index contributed by atoms with van der Waals surface area (Å²) in [7, 11) is 1.58. The molecule has 0 unspecified atom stereocenters. The predicted octanol–water partition coefficient (Wildman–Crippen LogP) is 1.27. The van der Waals surface area contributed by atoms with Crippen molar-refractivity contribution in [1.82, 2.24) is 9.55 Å². The Morgan fingerprint density at radius 3 is 2.83 bits per heavy atom. The van der Waals surface area contributed by atoms with Gasteiger partial charge in [-0.2, -0.15) is 4.98 Å². The third-order valence-electron chi connectivity index (χ3n) is 2.65. The number of hydrogen-bond donors (Lipinski definition) is 1. The molecule has 0 aliphatic carbocycles. The van der Waals surface area contributed by atoms with Crippen LogP contribution in [0.5, 0.6) is 0 Å². The molecule has 2 rings (SSSR count). The minimum atomic E-state index is -0.472. The van der Waals surface area contributed by atoms with Crippen molar-refractivity contribution in [2.24, 2.45) is 7.05 Å². The zero-order valence-corrected chi connectivity index (χ0v) is 10.0. The zero-order chi connectivity index (χ0) is 13.3. The Hall–Kier alpha value is -2.44. The highest BCUT2D eigenvalue weighted by molar-refractivity contribution is 5.90. The van der Waals surface area contributed by atoms with Crippen LogP contribution in [0.2, 0.25) is 0 Å². The van der Waals surface area contributed by atoms with Gasteiger partial charge >= 0.3 is 5.69 Å². The molecule has 0 bridgehead atoms. The van der Waals surface area contributed by atoms with E-state index >= 15 is 0 Å². The van der Waals surface area contributed by atoms with Crippen molar-refractivity contribution in [2.45, 2.75) is 6.92 Å². The van der Waals surface area contributed by atoms with E-state index < -0.39 is 10.6 Å². The first-order valence-electron chi connectivity index (χ1n) is 5.43. The maximum atomic E-state index is 11.6. The number of nitro benzene ring substituents is 1. The minimum absolute atomic E-state index is 0.0258. The van der Waals surface area contributed by atoms with E-state index in [1.807, 2.05) is 6.92 Å². The van der Waals surface area contributed by atoms with E-state index in [2.05, 4.69) is 10.3 Å². The van der Waals surface area contributed by atoms with Crippen LogP contribution in [0.3, 0.4) is 0 Å². The van der Waals surface area contributed by atoms with Gasteiger partial charge < -0.3 is 5.32 Å². The number of nitro groups is 1. The summed E-state index contributed by atoms with van der Waals surface area (Å²) in [4.78, 5) is 25.8. The summed E-state index contributed by atoms with van der Waals surface area (Å²) in [6.07, 6.45) is 0. The largest absolute Gasteiger partial charge is 0.370 e. The molecule has 1 N–H and O–H groups in total. The van der Waals surface area contributed by atoms with Gasteiger partial charge in [0.05, 0.1) is 10.4 Å². The molecule has 0 aliphatic heterocycles. The summed E-state index contributed by atoms with van der Waals surface area (Å²) in [5, 5.41) is 14.3. The second-order valence-electron chi connectivity index (χ2n) is 3.79. The average molecular weight is 248 g/mol. The molecule has 7 nitrogen and oxygen atoms in total. The van der Waals surface area contributed by atoms with Crippen molar-refractivity contribution in [3.8, 4) is 0 Å². The summed E-state index contributed by atoms with van der Waals surface area (Å²) >= 11 is 0. The number of fused-ring (bicyclic) bond motifs is 1. The first-order valence-corrected chi connectivity index (χ1v) is 5.43. The van der Waals surface area contributed by atoms with E-state index in [1.54, 1.807) is 13.1 Å². The van der Waals surface area contributed by atoms with E-state index in [1.165, 1.54) is 16.7 Å². The highest BCUT2D eigenvalue weighted by Crippen LogP contribution is 2.24. The van der Waals surface area contributed by atoms with E-state index in [4.69, 9.17) is 0 Å². The van der Waals surface area contributed by atoms with Gasteiger partial charge in [0.2, 0.25) is 0 Å². The van der Waals surface area contributed by atoms with E-state index in [0.29, 0.717) is 23.3 Å². The molecule has 0 aliphatic rings. The molecule has 1 heterocycles. The monoisotopic (exact) mass is 248 g/mol. The maximum Gasteiger partial charge on any atom is 0.349 e. The number of nitrogens with zero attached hydrogens (tertiary/aromatic N) is 3. The van der Waals surface area contributed by atoms with Crippen LogP contribution in [0.1, 0.15) is 6.92 Å². The van der Waals surface area contributed by atoms with Crippen LogP contribution in [0.15, 0.2) is 23.0 Å². The lowest BCUT2D eigenvalue weighted by Gasteiger charge is -2.09. The first kappa shape index (κ1) is 12.0. The van der Waals surface area contributed by atoms with Gasteiger partial charge in [-0.25, -0.2) is 4.79 Å². The van der Waals surface area contributed by atoms with Crippen LogP contribution >= 0.6 is 0 Å². The molecule has 2 aromatic rings. The lowest BCUT2D eigenvalue weighted by atomic mass is 10.2. The Labute approximate surface area is 102 Å². The summed E-state index contributed by atoms with van der Waals surface area (Å²) in [5.41, 5.74) is 0.186. The SMILES string of the molecule is CCNc1nc(=O)n(C)c2ccc([N+](=O)[O-])cc12. The lowest BCUT2D eigenvalue weighted by molar-refractivity contribution is -0.384.